The van der Waals surface area contributed by atoms with Crippen LogP contribution in [0.1, 0.15) is 62.0 Å². The van der Waals surface area contributed by atoms with E-state index in [1.165, 1.54) is 0 Å². The van der Waals surface area contributed by atoms with Gasteiger partial charge in [-0.05, 0) is 65.4 Å². The van der Waals surface area contributed by atoms with Gasteiger partial charge in [-0.1, -0.05) is 74.3 Å². The van der Waals surface area contributed by atoms with E-state index in [1.807, 2.05) is 71.3 Å². The third kappa shape index (κ3) is 8.23. The number of likely N-dealkylation sites (N-methyl/N-ethyl adjacent to an activating group) is 1. The van der Waals surface area contributed by atoms with E-state index in [9.17, 15) is 9.59 Å². The lowest BCUT2D eigenvalue weighted by Crippen LogP contribution is -2.55. The summed E-state index contributed by atoms with van der Waals surface area (Å²) in [7, 11) is 3.52. The average Bonchev–Trinajstić information content (AvgIpc) is 3.41. The molecular weight excluding hydrogens is 657 g/mol. The highest BCUT2D eigenvalue weighted by molar-refractivity contribution is 6.30. The monoisotopic (exact) mass is 699 g/mol. The van der Waals surface area contributed by atoms with Crippen molar-refractivity contribution in [1.29, 1.82) is 0 Å². The minimum atomic E-state index is -0.453. The summed E-state index contributed by atoms with van der Waals surface area (Å²) in [4.78, 5) is 39.9. The van der Waals surface area contributed by atoms with Gasteiger partial charge in [0.1, 0.15) is 17.6 Å². The molecule has 0 aromatic heterocycles. The zero-order valence-electron chi connectivity index (χ0n) is 27.9. The molecule has 0 unspecified atom stereocenters. The smallest absolute Gasteiger partial charge is 0.326 e. The molecule has 0 aliphatic carbocycles. The number of aliphatic imine (C=N–C) groups is 1. The summed E-state index contributed by atoms with van der Waals surface area (Å²) in [5.41, 5.74) is 3.64. The number of piperazine rings is 1. The van der Waals surface area contributed by atoms with Gasteiger partial charge in [-0.3, -0.25) is 19.6 Å². The van der Waals surface area contributed by atoms with Crippen molar-refractivity contribution < 1.29 is 14.3 Å². The summed E-state index contributed by atoms with van der Waals surface area (Å²) >= 11 is 12.6. The number of benzene rings is 3. The van der Waals surface area contributed by atoms with Crippen LogP contribution >= 0.6 is 35.6 Å². The Morgan fingerprint density at radius 1 is 0.894 bits per heavy atom. The number of ether oxygens (including phenoxy) is 1. The van der Waals surface area contributed by atoms with Crippen LogP contribution in [0.15, 0.2) is 71.7 Å². The molecule has 0 N–H and O–H groups in total. The number of hydrogen-bond donors (Lipinski definition) is 0. The lowest BCUT2D eigenvalue weighted by atomic mass is 9.86. The maximum Gasteiger partial charge on any atom is 0.326 e. The van der Waals surface area contributed by atoms with Crippen molar-refractivity contribution in [1.82, 2.24) is 19.6 Å². The van der Waals surface area contributed by atoms with E-state index in [0.29, 0.717) is 61.0 Å². The van der Waals surface area contributed by atoms with Crippen LogP contribution in [-0.2, 0) is 10.2 Å². The van der Waals surface area contributed by atoms with Crippen molar-refractivity contribution in [2.45, 2.75) is 45.2 Å². The normalized spacial score (nSPS) is 18.4. The Kier molecular flexibility index (Phi) is 11.9. The number of carbonyl (C=O) groups excluding carboxylic acids is 2. The Hall–Kier alpha value is -3.30. The van der Waals surface area contributed by atoms with E-state index in [2.05, 4.69) is 37.8 Å². The van der Waals surface area contributed by atoms with E-state index >= 15 is 0 Å². The highest BCUT2D eigenvalue weighted by Gasteiger charge is 2.45. The Balaban J connectivity index is 0.00000500. The third-order valence-electron chi connectivity index (χ3n) is 8.58. The lowest BCUT2D eigenvalue weighted by Gasteiger charge is -2.39. The van der Waals surface area contributed by atoms with Gasteiger partial charge < -0.3 is 14.5 Å². The van der Waals surface area contributed by atoms with Crippen LogP contribution in [0.2, 0.25) is 10.0 Å². The molecule has 5 rings (SSSR count). The second-order valence-corrected chi connectivity index (χ2v) is 13.9. The lowest BCUT2D eigenvalue weighted by molar-refractivity contribution is -0.130. The number of rotatable bonds is 7. The minimum absolute atomic E-state index is 0. The summed E-state index contributed by atoms with van der Waals surface area (Å²) in [6.45, 7) is 11.4. The fourth-order valence-electron chi connectivity index (χ4n) is 5.89. The number of carbonyl (C=O) groups is 2. The van der Waals surface area contributed by atoms with Crippen LogP contribution < -0.4 is 4.74 Å². The van der Waals surface area contributed by atoms with Gasteiger partial charge in [0.25, 0.3) is 0 Å². The molecule has 0 spiro atoms. The fraction of sp³-hybridized carbons (Fsp3) is 0.417. The molecule has 1 fully saturated rings. The number of amidine groups is 1. The van der Waals surface area contributed by atoms with E-state index < -0.39 is 12.1 Å². The molecule has 11 heteroatoms. The van der Waals surface area contributed by atoms with Crippen molar-refractivity contribution in [3.63, 3.8) is 0 Å². The van der Waals surface area contributed by atoms with Gasteiger partial charge >= 0.3 is 6.03 Å². The maximum atomic E-state index is 14.8. The second-order valence-electron chi connectivity index (χ2n) is 13.0. The van der Waals surface area contributed by atoms with Gasteiger partial charge in [-0.2, -0.15) is 0 Å². The average molecular weight is 701 g/mol. The summed E-state index contributed by atoms with van der Waals surface area (Å²) < 4.78 is 6.23. The van der Waals surface area contributed by atoms with E-state index in [4.69, 9.17) is 32.9 Å². The van der Waals surface area contributed by atoms with Gasteiger partial charge in [-0.25, -0.2) is 4.79 Å². The first-order valence-electron chi connectivity index (χ1n) is 15.7. The largest absolute Gasteiger partial charge is 0.493 e. The molecule has 3 aromatic carbocycles. The molecule has 47 heavy (non-hydrogen) atoms. The molecule has 252 valence electrons. The molecule has 3 aromatic rings. The highest BCUT2D eigenvalue weighted by Crippen LogP contribution is 2.46. The number of hydrogen-bond acceptors (Lipinski definition) is 5. The van der Waals surface area contributed by atoms with Crippen LogP contribution in [-0.4, -0.2) is 90.8 Å². The Bertz CT molecular complexity index is 1580. The van der Waals surface area contributed by atoms with Crippen LogP contribution in [0, 0.1) is 0 Å². The zero-order chi connectivity index (χ0) is 33.2. The van der Waals surface area contributed by atoms with Gasteiger partial charge in [0, 0.05) is 50.3 Å². The van der Waals surface area contributed by atoms with E-state index in [-0.39, 0.29) is 29.8 Å². The van der Waals surface area contributed by atoms with Crippen LogP contribution in [0.4, 0.5) is 4.79 Å². The quantitative estimate of drug-likeness (QED) is 0.256. The Morgan fingerprint density at radius 2 is 1.47 bits per heavy atom. The minimum Gasteiger partial charge on any atom is -0.493 e. The van der Waals surface area contributed by atoms with Crippen LogP contribution in [0.5, 0.6) is 5.75 Å². The van der Waals surface area contributed by atoms with Gasteiger partial charge in [-0.15, -0.1) is 12.4 Å². The fourth-order valence-corrected chi connectivity index (χ4v) is 6.14. The number of urea groups is 1. The molecule has 2 aliphatic heterocycles. The van der Waals surface area contributed by atoms with Crippen molar-refractivity contribution in [2.75, 3.05) is 53.4 Å². The molecule has 2 aliphatic rings. The molecule has 2 atom stereocenters. The second kappa shape index (κ2) is 15.3. The van der Waals surface area contributed by atoms with E-state index in [0.717, 1.165) is 22.3 Å². The molecule has 3 amide bonds. The van der Waals surface area contributed by atoms with Crippen molar-refractivity contribution in [2.24, 2.45) is 4.99 Å². The summed E-state index contributed by atoms with van der Waals surface area (Å²) in [6, 6.07) is 20.5. The summed E-state index contributed by atoms with van der Waals surface area (Å²) in [5, 5.41) is 1.24. The predicted octanol–water partition coefficient (Wildman–Crippen LogP) is 7.48. The van der Waals surface area contributed by atoms with Gasteiger partial charge in [0.05, 0.1) is 24.8 Å². The van der Waals surface area contributed by atoms with Crippen LogP contribution in [0.25, 0.3) is 0 Å². The summed E-state index contributed by atoms with van der Waals surface area (Å²) in [6.07, 6.45) is 0. The van der Waals surface area contributed by atoms with Gasteiger partial charge in [0.15, 0.2) is 0 Å². The SMILES string of the molecule is CCOc1cc(C(C)(C)C)ccc1C1=N[C@@H](c2ccc(Cl)cc2)[C@@H](c2ccc(Cl)cc2)N1C(=O)N1CCN(CC(=O)N(C)C)CC1.Cl. The first kappa shape index (κ1) is 36.5. The van der Waals surface area contributed by atoms with Gasteiger partial charge in [0.2, 0.25) is 5.91 Å². The highest BCUT2D eigenvalue weighted by atomic mass is 35.5. The molecule has 0 bridgehead atoms. The molecular formula is C36H44Cl3N5O3. The van der Waals surface area contributed by atoms with Crippen molar-refractivity contribution in [3.05, 3.63) is 99.0 Å². The Labute approximate surface area is 294 Å². The number of halogens is 3. The summed E-state index contributed by atoms with van der Waals surface area (Å²) in [5.74, 6) is 1.29. The molecule has 1 saturated heterocycles. The standard InChI is InChI=1S/C36H43Cl2N5O3.ClH/c1-7-46-30-22-26(36(2,3)4)12-17-29(30)34-39-32(24-8-13-27(37)14-9-24)33(25-10-15-28(38)16-11-25)43(34)35(45)42-20-18-41(19-21-42)23-31(44)40(5)6;/h8-17,22,32-33H,7,18-21,23H2,1-6H3;1H/t32-,33+;/m0./s1. The Morgan fingerprint density at radius 3 is 2.00 bits per heavy atom. The molecule has 0 saturated carbocycles. The third-order valence-corrected chi connectivity index (χ3v) is 9.09. The molecule has 2 heterocycles. The predicted molar refractivity (Wildman–Crippen MR) is 192 cm³/mol. The zero-order valence-corrected chi connectivity index (χ0v) is 30.2. The maximum absolute atomic E-state index is 14.8. The first-order valence-corrected chi connectivity index (χ1v) is 16.5. The van der Waals surface area contributed by atoms with Crippen molar-refractivity contribution >= 4 is 53.4 Å². The number of nitrogens with zero attached hydrogens (tertiary/aromatic N) is 5. The van der Waals surface area contributed by atoms with Crippen molar-refractivity contribution in [3.8, 4) is 5.75 Å². The first-order chi connectivity index (χ1) is 21.9. The van der Waals surface area contributed by atoms with Crippen LogP contribution in [0.3, 0.4) is 0 Å². The topological polar surface area (TPSA) is 68.7 Å². The van der Waals surface area contributed by atoms with E-state index in [1.54, 1.807) is 19.0 Å². The molecule has 8 nitrogen and oxygen atoms in total. The molecule has 0 radical (unpaired) electrons. The number of amides is 3.